The second-order valence-electron chi connectivity index (χ2n) is 5.29. The fraction of sp³-hybridized carbons (Fsp3) is 0.375. The molecule has 1 aliphatic heterocycles. The normalized spacial score (nSPS) is 21.2. The lowest BCUT2D eigenvalue weighted by Crippen LogP contribution is -2.35. The van der Waals surface area contributed by atoms with Crippen molar-refractivity contribution in [3.8, 4) is 0 Å². The molecule has 23 heavy (non-hydrogen) atoms. The van der Waals surface area contributed by atoms with E-state index in [0.717, 1.165) is 11.3 Å². The summed E-state index contributed by atoms with van der Waals surface area (Å²) in [5.74, 6) is 1.01. The maximum absolute atomic E-state index is 11.8. The SMILES string of the molecule is Nc1ccn(C2COC(COCc3ccccc3)CS2)c(=O)n1. The summed E-state index contributed by atoms with van der Waals surface area (Å²) in [7, 11) is 0. The summed E-state index contributed by atoms with van der Waals surface area (Å²) in [5, 5.41) is -0.0685. The van der Waals surface area contributed by atoms with E-state index >= 15 is 0 Å². The molecule has 2 atom stereocenters. The van der Waals surface area contributed by atoms with Gasteiger partial charge in [0.1, 0.15) is 11.2 Å². The van der Waals surface area contributed by atoms with E-state index in [2.05, 4.69) is 4.98 Å². The average molecular weight is 333 g/mol. The van der Waals surface area contributed by atoms with Gasteiger partial charge in [0.05, 0.1) is 25.9 Å². The molecule has 1 aliphatic rings. The smallest absolute Gasteiger partial charge is 0.350 e. The number of thioether (sulfide) groups is 1. The Labute approximate surface area is 138 Å². The van der Waals surface area contributed by atoms with Gasteiger partial charge in [0.2, 0.25) is 0 Å². The third-order valence-corrected chi connectivity index (χ3v) is 4.84. The zero-order valence-electron chi connectivity index (χ0n) is 12.6. The van der Waals surface area contributed by atoms with Crippen molar-refractivity contribution >= 4 is 17.6 Å². The molecule has 1 fully saturated rings. The van der Waals surface area contributed by atoms with Crippen LogP contribution in [-0.2, 0) is 16.1 Å². The van der Waals surface area contributed by atoms with Crippen LogP contribution < -0.4 is 11.4 Å². The standard InChI is InChI=1S/C16H19N3O3S/c17-14-6-7-19(16(20)18-14)15-10-22-13(11-23-15)9-21-8-12-4-2-1-3-5-12/h1-7,13,15H,8-11H2,(H2,17,18,20). The second-order valence-corrected chi connectivity index (χ2v) is 6.50. The van der Waals surface area contributed by atoms with E-state index in [-0.39, 0.29) is 23.0 Å². The van der Waals surface area contributed by atoms with Gasteiger partial charge in [0.15, 0.2) is 0 Å². The molecule has 0 aliphatic carbocycles. The maximum Gasteiger partial charge on any atom is 0.350 e. The molecule has 3 rings (SSSR count). The molecule has 2 aromatic rings. The first-order valence-electron chi connectivity index (χ1n) is 7.42. The van der Waals surface area contributed by atoms with E-state index in [0.29, 0.717) is 19.8 Å². The minimum absolute atomic E-state index is 0.0393. The Morgan fingerprint density at radius 3 is 2.87 bits per heavy atom. The third kappa shape index (κ3) is 4.34. The van der Waals surface area contributed by atoms with Crippen molar-refractivity contribution in [2.24, 2.45) is 0 Å². The molecule has 2 unspecified atom stereocenters. The highest BCUT2D eigenvalue weighted by Gasteiger charge is 2.24. The van der Waals surface area contributed by atoms with Gasteiger partial charge in [-0.05, 0) is 11.6 Å². The minimum Gasteiger partial charge on any atom is -0.383 e. The molecular weight excluding hydrogens is 314 g/mol. The Hall–Kier alpha value is -1.83. The molecule has 7 heteroatoms. The van der Waals surface area contributed by atoms with Crippen molar-refractivity contribution in [2.45, 2.75) is 18.1 Å². The minimum atomic E-state index is -0.343. The van der Waals surface area contributed by atoms with Crippen LogP contribution in [0, 0.1) is 0 Å². The molecule has 0 bridgehead atoms. The Morgan fingerprint density at radius 1 is 1.35 bits per heavy atom. The number of hydrogen-bond donors (Lipinski definition) is 1. The van der Waals surface area contributed by atoms with Crippen LogP contribution in [0.5, 0.6) is 0 Å². The van der Waals surface area contributed by atoms with E-state index < -0.39 is 0 Å². The van der Waals surface area contributed by atoms with Gasteiger partial charge < -0.3 is 15.2 Å². The predicted molar refractivity (Wildman–Crippen MR) is 90.2 cm³/mol. The summed E-state index contributed by atoms with van der Waals surface area (Å²) in [6.45, 7) is 1.58. The van der Waals surface area contributed by atoms with Crippen molar-refractivity contribution in [1.29, 1.82) is 0 Å². The van der Waals surface area contributed by atoms with E-state index in [1.807, 2.05) is 30.3 Å². The van der Waals surface area contributed by atoms with E-state index in [9.17, 15) is 4.79 Å². The summed E-state index contributed by atoms with van der Waals surface area (Å²) in [6.07, 6.45) is 1.70. The first-order valence-corrected chi connectivity index (χ1v) is 8.47. The predicted octanol–water partition coefficient (Wildman–Crippen LogP) is 1.67. The van der Waals surface area contributed by atoms with Crippen LogP contribution >= 0.6 is 11.8 Å². The van der Waals surface area contributed by atoms with Crippen LogP contribution in [0.25, 0.3) is 0 Å². The molecule has 0 amide bonds. The molecule has 1 aromatic carbocycles. The van der Waals surface area contributed by atoms with Gasteiger partial charge in [0, 0.05) is 11.9 Å². The van der Waals surface area contributed by atoms with Gasteiger partial charge >= 0.3 is 5.69 Å². The van der Waals surface area contributed by atoms with Crippen molar-refractivity contribution in [2.75, 3.05) is 24.7 Å². The third-order valence-electron chi connectivity index (χ3n) is 3.53. The highest BCUT2D eigenvalue weighted by molar-refractivity contribution is 7.99. The number of aromatic nitrogens is 2. The Balaban J connectivity index is 1.46. The molecular formula is C16H19N3O3S. The topological polar surface area (TPSA) is 79.4 Å². The van der Waals surface area contributed by atoms with Gasteiger partial charge in [-0.15, -0.1) is 11.8 Å². The molecule has 2 N–H and O–H groups in total. The number of rotatable bonds is 5. The number of nitrogen functional groups attached to an aromatic ring is 1. The van der Waals surface area contributed by atoms with E-state index in [1.54, 1.807) is 28.6 Å². The number of hydrogen-bond acceptors (Lipinski definition) is 6. The lowest BCUT2D eigenvalue weighted by molar-refractivity contribution is -0.0184. The Bertz CT molecular complexity index is 684. The van der Waals surface area contributed by atoms with Crippen LogP contribution in [-0.4, -0.2) is 34.6 Å². The largest absolute Gasteiger partial charge is 0.383 e. The van der Waals surface area contributed by atoms with Crippen molar-refractivity contribution < 1.29 is 9.47 Å². The molecule has 0 saturated carbocycles. The van der Waals surface area contributed by atoms with Crippen molar-refractivity contribution in [3.63, 3.8) is 0 Å². The number of ether oxygens (including phenoxy) is 2. The summed E-state index contributed by atoms with van der Waals surface area (Å²) >= 11 is 1.67. The van der Waals surface area contributed by atoms with Gasteiger partial charge in [0.25, 0.3) is 0 Å². The van der Waals surface area contributed by atoms with Gasteiger partial charge in [-0.2, -0.15) is 4.98 Å². The molecule has 1 aromatic heterocycles. The number of nitrogens with zero attached hydrogens (tertiary/aromatic N) is 2. The zero-order chi connectivity index (χ0) is 16.1. The van der Waals surface area contributed by atoms with Crippen LogP contribution in [0.4, 0.5) is 5.82 Å². The van der Waals surface area contributed by atoms with Crippen LogP contribution in [0.2, 0.25) is 0 Å². The van der Waals surface area contributed by atoms with Gasteiger partial charge in [-0.3, -0.25) is 4.57 Å². The van der Waals surface area contributed by atoms with Crippen LogP contribution in [0.15, 0.2) is 47.4 Å². The molecule has 0 spiro atoms. The lowest BCUT2D eigenvalue weighted by Gasteiger charge is -2.29. The quantitative estimate of drug-likeness (QED) is 0.897. The highest BCUT2D eigenvalue weighted by atomic mass is 32.2. The zero-order valence-corrected chi connectivity index (χ0v) is 13.4. The number of benzene rings is 1. The van der Waals surface area contributed by atoms with E-state index in [4.69, 9.17) is 15.2 Å². The Kier molecular flexibility index (Phi) is 5.32. The molecule has 0 radical (unpaired) electrons. The molecule has 122 valence electrons. The lowest BCUT2D eigenvalue weighted by atomic mass is 10.2. The highest BCUT2D eigenvalue weighted by Crippen LogP contribution is 2.28. The first kappa shape index (κ1) is 16.0. The molecule has 6 nitrogen and oxygen atoms in total. The summed E-state index contributed by atoms with van der Waals surface area (Å²) in [5.41, 5.74) is 6.31. The fourth-order valence-electron chi connectivity index (χ4n) is 2.32. The summed E-state index contributed by atoms with van der Waals surface area (Å²) < 4.78 is 13.1. The second kappa shape index (κ2) is 7.63. The first-order chi connectivity index (χ1) is 11.2. The van der Waals surface area contributed by atoms with Crippen molar-refractivity contribution in [1.82, 2.24) is 9.55 Å². The monoisotopic (exact) mass is 333 g/mol. The van der Waals surface area contributed by atoms with Gasteiger partial charge in [-0.25, -0.2) is 4.79 Å². The molecule has 2 heterocycles. The number of nitrogens with two attached hydrogens (primary N) is 1. The Morgan fingerprint density at radius 2 is 2.17 bits per heavy atom. The maximum atomic E-state index is 11.8. The van der Waals surface area contributed by atoms with Crippen LogP contribution in [0.1, 0.15) is 10.9 Å². The van der Waals surface area contributed by atoms with Gasteiger partial charge in [-0.1, -0.05) is 30.3 Å². The summed E-state index contributed by atoms with van der Waals surface area (Å²) in [6, 6.07) is 11.7. The fourth-order valence-corrected chi connectivity index (χ4v) is 3.44. The van der Waals surface area contributed by atoms with Crippen molar-refractivity contribution in [3.05, 3.63) is 58.6 Å². The molecule has 1 saturated heterocycles. The summed E-state index contributed by atoms with van der Waals surface area (Å²) in [4.78, 5) is 15.6. The average Bonchev–Trinajstić information content (AvgIpc) is 2.57. The number of anilines is 1. The van der Waals surface area contributed by atoms with Crippen LogP contribution in [0.3, 0.4) is 0 Å². The van der Waals surface area contributed by atoms with E-state index in [1.165, 1.54) is 0 Å².